The Morgan fingerprint density at radius 3 is 2.09 bits per heavy atom. The molecule has 44 heavy (non-hydrogen) atoms. The third-order valence-corrected chi connectivity index (χ3v) is 9.82. The highest BCUT2D eigenvalue weighted by atomic mass is 35.5. The van der Waals surface area contributed by atoms with Crippen molar-refractivity contribution in [1.29, 1.82) is 0 Å². The zero-order chi connectivity index (χ0) is 32.6. The van der Waals surface area contributed by atoms with Crippen molar-refractivity contribution < 1.29 is 27.5 Å². The zero-order valence-corrected chi connectivity index (χ0v) is 28.2. The van der Waals surface area contributed by atoms with Crippen LogP contribution in [0.15, 0.2) is 65.6 Å². The predicted octanol–water partition coefficient (Wildman–Crippen LogP) is 6.58. The highest BCUT2D eigenvalue weighted by molar-refractivity contribution is 7.92. The summed E-state index contributed by atoms with van der Waals surface area (Å²) in [7, 11) is -1.51. The van der Waals surface area contributed by atoms with Crippen molar-refractivity contribution >= 4 is 62.3 Å². The molecule has 3 aromatic rings. The molecule has 2 amide bonds. The molecule has 3 rings (SSSR count). The Kier molecular flexibility index (Phi) is 12.6. The maximum absolute atomic E-state index is 14.2. The Balaban J connectivity index is 2.11. The van der Waals surface area contributed by atoms with E-state index in [9.17, 15) is 18.0 Å². The first-order valence-electron chi connectivity index (χ1n) is 13.9. The van der Waals surface area contributed by atoms with E-state index in [2.05, 4.69) is 5.32 Å². The highest BCUT2D eigenvalue weighted by Crippen LogP contribution is 2.33. The molecule has 0 aliphatic heterocycles. The zero-order valence-electron chi connectivity index (χ0n) is 25.1. The summed E-state index contributed by atoms with van der Waals surface area (Å²) >= 11 is 18.5. The van der Waals surface area contributed by atoms with Crippen LogP contribution < -0.4 is 19.1 Å². The molecule has 0 aromatic heterocycles. The predicted molar refractivity (Wildman–Crippen MR) is 175 cm³/mol. The van der Waals surface area contributed by atoms with Gasteiger partial charge in [0.1, 0.15) is 12.6 Å². The standard InChI is InChI=1S/C31H36Cl3N3O6S/c1-6-20(3)35-31(39)27(7-2)36(18-21-8-14-25(33)26(34)16-21)30(38)19-37(23-11-9-22(32)10-12-23)44(40,41)24-13-15-28(42-4)29(17-24)43-5/h8-17,20,27H,6-7,18-19H2,1-5H3,(H,35,39)/t20-,27+/m1/s1. The fourth-order valence-electron chi connectivity index (χ4n) is 4.44. The van der Waals surface area contributed by atoms with Crippen molar-refractivity contribution in [3.05, 3.63) is 81.3 Å². The molecule has 9 nitrogen and oxygen atoms in total. The van der Waals surface area contributed by atoms with E-state index in [0.717, 1.165) is 4.31 Å². The monoisotopic (exact) mass is 683 g/mol. The second-order valence-electron chi connectivity index (χ2n) is 10.0. The Morgan fingerprint density at radius 1 is 0.864 bits per heavy atom. The number of methoxy groups -OCH3 is 2. The number of hydrogen-bond donors (Lipinski definition) is 1. The SMILES string of the molecule is CC[C@@H](C)NC(=O)[C@H](CC)N(Cc1ccc(Cl)c(Cl)c1)C(=O)CN(c1ccc(Cl)cc1)S(=O)(=O)c1ccc(OC)c(OC)c1. The average molecular weight is 685 g/mol. The van der Waals surface area contributed by atoms with Gasteiger partial charge in [0.05, 0.1) is 34.8 Å². The molecule has 0 bridgehead atoms. The minimum absolute atomic E-state index is 0.0208. The molecule has 0 radical (unpaired) electrons. The van der Waals surface area contributed by atoms with Gasteiger partial charge in [-0.15, -0.1) is 0 Å². The van der Waals surface area contributed by atoms with Crippen molar-refractivity contribution in [2.24, 2.45) is 0 Å². The summed E-state index contributed by atoms with van der Waals surface area (Å²) in [5.74, 6) is -0.422. The van der Waals surface area contributed by atoms with Crippen LogP contribution in [0.25, 0.3) is 0 Å². The van der Waals surface area contributed by atoms with Gasteiger partial charge in [0.2, 0.25) is 11.8 Å². The van der Waals surface area contributed by atoms with Crippen LogP contribution >= 0.6 is 34.8 Å². The quantitative estimate of drug-likeness (QED) is 0.206. The third-order valence-electron chi connectivity index (χ3n) is 7.06. The molecule has 3 aromatic carbocycles. The molecule has 238 valence electrons. The second kappa shape index (κ2) is 15.7. The number of carbonyl (C=O) groups is 2. The Hall–Kier alpha value is -3.18. The summed E-state index contributed by atoms with van der Waals surface area (Å²) in [5, 5.41) is 3.95. The Bertz CT molecular complexity index is 1570. The summed E-state index contributed by atoms with van der Waals surface area (Å²) < 4.78 is 39.9. The number of anilines is 1. The summed E-state index contributed by atoms with van der Waals surface area (Å²) in [4.78, 5) is 28.9. The molecule has 1 N–H and O–H groups in total. The molecule has 2 atom stereocenters. The summed E-state index contributed by atoms with van der Waals surface area (Å²) in [5.41, 5.74) is 0.812. The lowest BCUT2D eigenvalue weighted by atomic mass is 10.1. The van der Waals surface area contributed by atoms with Gasteiger partial charge < -0.3 is 19.7 Å². The van der Waals surface area contributed by atoms with Crippen LogP contribution in [0, 0.1) is 0 Å². The van der Waals surface area contributed by atoms with Crippen LogP contribution in [-0.4, -0.2) is 58.0 Å². The normalized spacial score (nSPS) is 12.6. The van der Waals surface area contributed by atoms with E-state index in [0.29, 0.717) is 27.8 Å². The lowest BCUT2D eigenvalue weighted by Gasteiger charge is -2.33. The highest BCUT2D eigenvalue weighted by Gasteiger charge is 2.34. The largest absolute Gasteiger partial charge is 0.493 e. The van der Waals surface area contributed by atoms with Gasteiger partial charge in [0.15, 0.2) is 11.5 Å². The number of nitrogens with zero attached hydrogens (tertiary/aromatic N) is 2. The second-order valence-corrected chi connectivity index (χ2v) is 13.1. The number of rotatable bonds is 14. The topological polar surface area (TPSA) is 105 Å². The van der Waals surface area contributed by atoms with E-state index < -0.39 is 28.5 Å². The first-order chi connectivity index (χ1) is 20.9. The molecular formula is C31H36Cl3N3O6S. The summed E-state index contributed by atoms with van der Waals surface area (Å²) in [6, 6.07) is 14.1. The summed E-state index contributed by atoms with van der Waals surface area (Å²) in [6.07, 6.45) is 0.968. The number of hydrogen-bond acceptors (Lipinski definition) is 6. The molecule has 0 spiro atoms. The van der Waals surface area contributed by atoms with Crippen molar-refractivity contribution in [2.45, 2.75) is 57.1 Å². The molecule has 13 heteroatoms. The number of sulfonamides is 1. The van der Waals surface area contributed by atoms with Crippen LogP contribution in [0.3, 0.4) is 0 Å². The average Bonchev–Trinajstić information content (AvgIpc) is 3.01. The number of halogens is 3. The van der Waals surface area contributed by atoms with Crippen LogP contribution in [0.4, 0.5) is 5.69 Å². The van der Waals surface area contributed by atoms with Crippen LogP contribution in [0.5, 0.6) is 11.5 Å². The van der Waals surface area contributed by atoms with E-state index in [1.807, 2.05) is 13.8 Å². The fraction of sp³-hybridized carbons (Fsp3) is 0.355. The molecule has 0 saturated heterocycles. The molecular weight excluding hydrogens is 649 g/mol. The number of nitrogens with one attached hydrogen (secondary N) is 1. The van der Waals surface area contributed by atoms with Crippen LogP contribution in [0.1, 0.15) is 39.2 Å². The van der Waals surface area contributed by atoms with Crippen molar-refractivity contribution in [1.82, 2.24) is 10.2 Å². The molecule has 0 aliphatic rings. The van der Waals surface area contributed by atoms with Gasteiger partial charge in [-0.25, -0.2) is 8.42 Å². The molecule has 0 heterocycles. The lowest BCUT2D eigenvalue weighted by molar-refractivity contribution is -0.140. The van der Waals surface area contributed by atoms with Crippen LogP contribution in [-0.2, 0) is 26.2 Å². The Morgan fingerprint density at radius 2 is 1.52 bits per heavy atom. The van der Waals surface area contributed by atoms with Gasteiger partial charge in [-0.1, -0.05) is 54.7 Å². The number of amides is 2. The van der Waals surface area contributed by atoms with E-state index >= 15 is 0 Å². The number of benzene rings is 3. The van der Waals surface area contributed by atoms with Gasteiger partial charge in [-0.2, -0.15) is 0 Å². The third kappa shape index (κ3) is 8.50. The lowest BCUT2D eigenvalue weighted by Crippen LogP contribution is -2.53. The Labute approximate surface area is 274 Å². The molecule has 0 aliphatic carbocycles. The number of ether oxygens (including phenoxy) is 2. The van der Waals surface area contributed by atoms with Gasteiger partial charge in [0.25, 0.3) is 10.0 Å². The van der Waals surface area contributed by atoms with Crippen molar-refractivity contribution in [3.63, 3.8) is 0 Å². The number of carbonyl (C=O) groups excluding carboxylic acids is 2. The van der Waals surface area contributed by atoms with Crippen LogP contribution in [0.2, 0.25) is 15.1 Å². The molecule has 0 fully saturated rings. The van der Waals surface area contributed by atoms with Crippen molar-refractivity contribution in [2.75, 3.05) is 25.1 Å². The fourth-order valence-corrected chi connectivity index (χ4v) is 6.31. The van der Waals surface area contributed by atoms with E-state index in [1.165, 1.54) is 61.6 Å². The minimum atomic E-state index is -4.35. The maximum atomic E-state index is 14.2. The first-order valence-corrected chi connectivity index (χ1v) is 16.5. The van der Waals surface area contributed by atoms with Gasteiger partial charge >= 0.3 is 0 Å². The van der Waals surface area contributed by atoms with Gasteiger partial charge in [-0.3, -0.25) is 13.9 Å². The van der Waals surface area contributed by atoms with Gasteiger partial charge in [0, 0.05) is 23.7 Å². The van der Waals surface area contributed by atoms with Crippen molar-refractivity contribution in [3.8, 4) is 11.5 Å². The van der Waals surface area contributed by atoms with E-state index in [1.54, 1.807) is 25.1 Å². The van der Waals surface area contributed by atoms with Gasteiger partial charge in [-0.05, 0) is 73.9 Å². The summed E-state index contributed by atoms with van der Waals surface area (Å²) in [6.45, 7) is 4.95. The molecule has 0 unspecified atom stereocenters. The smallest absolute Gasteiger partial charge is 0.264 e. The minimum Gasteiger partial charge on any atom is -0.493 e. The van der Waals surface area contributed by atoms with E-state index in [4.69, 9.17) is 44.3 Å². The first kappa shape index (κ1) is 35.3. The van der Waals surface area contributed by atoms with E-state index in [-0.39, 0.29) is 46.3 Å². The molecule has 0 saturated carbocycles. The maximum Gasteiger partial charge on any atom is 0.264 e.